The average Bonchev–Trinajstić information content (AvgIpc) is 1.62. The smallest absolute Gasteiger partial charge is 0.314 e. The van der Waals surface area contributed by atoms with Gasteiger partial charge in [0, 0.05) is 14.2 Å². The van der Waals surface area contributed by atoms with E-state index in [-0.39, 0.29) is 0 Å². The molecule has 0 aliphatic rings. The van der Waals surface area contributed by atoms with Gasteiger partial charge in [0.15, 0.2) is 0 Å². The van der Waals surface area contributed by atoms with E-state index in [4.69, 9.17) is 10.2 Å². The Labute approximate surface area is 58.2 Å². The molecule has 0 heterocycles. The van der Waals surface area contributed by atoms with Crippen LogP contribution in [0.1, 0.15) is 6.42 Å². The first kappa shape index (κ1) is 11.7. The highest BCUT2D eigenvalue weighted by molar-refractivity contribution is 5.88. The Balaban J connectivity index is 0. The van der Waals surface area contributed by atoms with E-state index in [1.165, 1.54) is 0 Å². The Morgan fingerprint density at radius 2 is 1.40 bits per heavy atom. The van der Waals surface area contributed by atoms with Crippen molar-refractivity contribution in [2.24, 2.45) is 0 Å². The average molecular weight is 150 g/mol. The maximum Gasteiger partial charge on any atom is 0.314 e. The van der Waals surface area contributed by atoms with Crippen molar-refractivity contribution in [2.75, 3.05) is 14.2 Å². The minimum Gasteiger partial charge on any atom is -0.481 e. The van der Waals surface area contributed by atoms with E-state index in [9.17, 15) is 9.59 Å². The molecule has 2 N–H and O–H groups in total. The van der Waals surface area contributed by atoms with Crippen molar-refractivity contribution < 1.29 is 24.5 Å². The Morgan fingerprint density at radius 1 is 1.20 bits per heavy atom. The highest BCUT2D eigenvalue weighted by atomic mass is 16.4. The third-order valence-corrected chi connectivity index (χ3v) is 0.302. The van der Waals surface area contributed by atoms with Crippen LogP contribution in [-0.4, -0.2) is 36.4 Å². The van der Waals surface area contributed by atoms with Gasteiger partial charge in [-0.15, -0.1) is 0 Å². The number of aliphatic carboxylic acids is 2. The van der Waals surface area contributed by atoms with Crippen LogP contribution in [0.4, 0.5) is 0 Å². The summed E-state index contributed by atoms with van der Waals surface area (Å²) in [4.78, 5) is 18.9. The topological polar surface area (TPSA) is 83.8 Å². The third-order valence-electron chi connectivity index (χ3n) is 0.302. The Hall–Kier alpha value is -1.10. The molecule has 0 fully saturated rings. The summed E-state index contributed by atoms with van der Waals surface area (Å²) >= 11 is 0. The van der Waals surface area contributed by atoms with Crippen LogP contribution >= 0.6 is 0 Å². The predicted molar refractivity (Wildman–Crippen MR) is 32.8 cm³/mol. The van der Waals surface area contributed by atoms with Gasteiger partial charge in [-0.3, -0.25) is 9.59 Å². The maximum absolute atomic E-state index is 9.43. The minimum absolute atomic E-state index is 0.806. The van der Waals surface area contributed by atoms with Crippen LogP contribution in [0.5, 0.6) is 0 Å². The zero-order chi connectivity index (χ0) is 8.57. The standard InChI is InChI=1S/C3H4O4.C2H6O/c4-2(5)1-3(6)7;1-3-2/h1H2,(H,4,5)(H,6,7);1-2H3. The molecule has 0 atom stereocenters. The molecule has 0 aliphatic heterocycles. The van der Waals surface area contributed by atoms with Crippen LogP contribution < -0.4 is 0 Å². The molecule has 10 heavy (non-hydrogen) atoms. The van der Waals surface area contributed by atoms with Gasteiger partial charge in [0.05, 0.1) is 0 Å². The summed E-state index contributed by atoms with van der Waals surface area (Å²) in [7, 11) is 3.25. The molecule has 0 bridgehead atoms. The molecule has 5 nitrogen and oxygen atoms in total. The number of ether oxygens (including phenoxy) is 1. The van der Waals surface area contributed by atoms with Gasteiger partial charge >= 0.3 is 11.9 Å². The van der Waals surface area contributed by atoms with Gasteiger partial charge in [0.1, 0.15) is 6.42 Å². The lowest BCUT2D eigenvalue weighted by Crippen LogP contribution is -2.03. The number of rotatable bonds is 2. The predicted octanol–water partition coefficient (Wildman–Crippen LogP) is -0.192. The van der Waals surface area contributed by atoms with E-state index in [2.05, 4.69) is 4.74 Å². The quantitative estimate of drug-likeness (QED) is 0.533. The molecule has 0 rings (SSSR count). The highest BCUT2D eigenvalue weighted by Gasteiger charge is 2.01. The first-order chi connectivity index (χ1) is 4.54. The summed E-state index contributed by atoms with van der Waals surface area (Å²) < 4.78 is 4.25. The number of carboxylic acid groups (broad SMARTS) is 2. The molecule has 0 unspecified atom stereocenters. The second-order valence-electron chi connectivity index (χ2n) is 1.37. The molecule has 0 aromatic carbocycles. The monoisotopic (exact) mass is 150 g/mol. The number of hydrogen-bond donors (Lipinski definition) is 2. The summed E-state index contributed by atoms with van der Waals surface area (Å²) in [6, 6.07) is 0. The maximum atomic E-state index is 9.43. The Bertz CT molecular complexity index is 96.6. The molecule has 0 aromatic rings. The lowest BCUT2D eigenvalue weighted by atomic mass is 10.5. The molecular weight excluding hydrogens is 140 g/mol. The summed E-state index contributed by atoms with van der Waals surface area (Å²) in [5.41, 5.74) is 0. The molecule has 0 amide bonds. The van der Waals surface area contributed by atoms with Crippen molar-refractivity contribution in [1.29, 1.82) is 0 Å². The fraction of sp³-hybridized carbons (Fsp3) is 0.600. The molecule has 0 aliphatic carbocycles. The second kappa shape index (κ2) is 7.90. The first-order valence-electron chi connectivity index (χ1n) is 2.38. The van der Waals surface area contributed by atoms with Crippen LogP contribution in [0.25, 0.3) is 0 Å². The van der Waals surface area contributed by atoms with Crippen molar-refractivity contribution in [2.45, 2.75) is 6.42 Å². The van der Waals surface area contributed by atoms with E-state index in [1.54, 1.807) is 14.2 Å². The number of methoxy groups -OCH3 is 1. The van der Waals surface area contributed by atoms with Crippen LogP contribution in [0, 0.1) is 0 Å². The van der Waals surface area contributed by atoms with E-state index in [0.29, 0.717) is 0 Å². The second-order valence-corrected chi connectivity index (χ2v) is 1.37. The minimum atomic E-state index is -1.31. The number of carbonyl (C=O) groups is 2. The fourth-order valence-electron chi connectivity index (χ4n) is 0.129. The van der Waals surface area contributed by atoms with Gasteiger partial charge in [-0.1, -0.05) is 0 Å². The van der Waals surface area contributed by atoms with Crippen molar-refractivity contribution in [3.05, 3.63) is 0 Å². The van der Waals surface area contributed by atoms with Gasteiger partial charge in [0.25, 0.3) is 0 Å². The largest absolute Gasteiger partial charge is 0.481 e. The lowest BCUT2D eigenvalue weighted by molar-refractivity contribution is -0.147. The molecule has 0 aromatic heterocycles. The van der Waals surface area contributed by atoms with E-state index >= 15 is 0 Å². The molecule has 60 valence electrons. The summed E-state index contributed by atoms with van der Waals surface area (Å²) in [6.45, 7) is 0. The van der Waals surface area contributed by atoms with Crippen LogP contribution in [0.15, 0.2) is 0 Å². The number of carboxylic acids is 2. The number of hydrogen-bond acceptors (Lipinski definition) is 3. The first-order valence-corrected chi connectivity index (χ1v) is 2.38. The van der Waals surface area contributed by atoms with Crippen molar-refractivity contribution >= 4 is 11.9 Å². The zero-order valence-corrected chi connectivity index (χ0v) is 5.83. The van der Waals surface area contributed by atoms with Crippen LogP contribution in [0.3, 0.4) is 0 Å². The van der Waals surface area contributed by atoms with Crippen LogP contribution in [-0.2, 0) is 14.3 Å². The van der Waals surface area contributed by atoms with Gasteiger partial charge in [-0.25, -0.2) is 0 Å². The van der Waals surface area contributed by atoms with Gasteiger partial charge < -0.3 is 14.9 Å². The third kappa shape index (κ3) is 28.6. The van der Waals surface area contributed by atoms with Gasteiger partial charge in [0.2, 0.25) is 0 Å². The van der Waals surface area contributed by atoms with E-state index in [1.807, 2.05) is 0 Å². The fourth-order valence-corrected chi connectivity index (χ4v) is 0.129. The Morgan fingerprint density at radius 3 is 1.40 bits per heavy atom. The molecule has 5 heteroatoms. The van der Waals surface area contributed by atoms with Crippen molar-refractivity contribution in [1.82, 2.24) is 0 Å². The van der Waals surface area contributed by atoms with Crippen molar-refractivity contribution in [3.63, 3.8) is 0 Å². The molecule has 0 radical (unpaired) electrons. The normalized spacial score (nSPS) is 7.40. The van der Waals surface area contributed by atoms with E-state index < -0.39 is 18.4 Å². The molecule has 0 spiro atoms. The van der Waals surface area contributed by atoms with Gasteiger partial charge in [-0.05, 0) is 0 Å². The summed E-state index contributed by atoms with van der Waals surface area (Å²) in [5, 5.41) is 15.4. The van der Waals surface area contributed by atoms with Gasteiger partial charge in [-0.2, -0.15) is 0 Å². The SMILES string of the molecule is COC.O=C(O)CC(=O)O. The van der Waals surface area contributed by atoms with Crippen molar-refractivity contribution in [3.8, 4) is 0 Å². The lowest BCUT2D eigenvalue weighted by Gasteiger charge is -1.80. The molecule has 0 saturated heterocycles. The van der Waals surface area contributed by atoms with E-state index in [0.717, 1.165) is 0 Å². The summed E-state index contributed by atoms with van der Waals surface area (Å²) in [6.07, 6.45) is -0.806. The Kier molecular flexibility index (Phi) is 9.22. The zero-order valence-electron chi connectivity index (χ0n) is 5.83. The summed E-state index contributed by atoms with van der Waals surface area (Å²) in [5.74, 6) is -2.62. The highest BCUT2D eigenvalue weighted by Crippen LogP contribution is 1.74. The molecule has 0 saturated carbocycles. The van der Waals surface area contributed by atoms with Crippen LogP contribution in [0.2, 0.25) is 0 Å². The molecular formula is C5H10O5.